The topological polar surface area (TPSA) is 54.5 Å². The van der Waals surface area contributed by atoms with Crippen LogP contribution in [0.25, 0.3) is 0 Å². The Morgan fingerprint density at radius 2 is 2.14 bits per heavy atom. The molecule has 1 amide bonds. The normalized spacial score (nSPS) is 19.4. The van der Waals surface area contributed by atoms with Crippen LogP contribution < -0.4 is 5.32 Å². The Hall–Kier alpha value is -1.97. The van der Waals surface area contributed by atoms with E-state index in [1.807, 2.05) is 24.3 Å². The van der Waals surface area contributed by atoms with Crippen LogP contribution in [0.3, 0.4) is 0 Å². The van der Waals surface area contributed by atoms with E-state index in [0.717, 1.165) is 25.1 Å². The zero-order valence-electron chi connectivity index (χ0n) is 15.4. The lowest BCUT2D eigenvalue weighted by Crippen LogP contribution is -2.43. The number of benzene rings is 1. The second-order valence-electron chi connectivity index (χ2n) is 6.78. The third kappa shape index (κ3) is 5.30. The van der Waals surface area contributed by atoms with Gasteiger partial charge >= 0.3 is 6.18 Å². The minimum Gasteiger partial charge on any atom is -0.369 e. The third-order valence-corrected chi connectivity index (χ3v) is 5.75. The Morgan fingerprint density at radius 1 is 1.39 bits per heavy atom. The molecule has 0 saturated carbocycles. The number of hydrogen-bond donors (Lipinski definition) is 1. The molecule has 0 spiro atoms. The fraction of sp³-hybridized carbons (Fsp3) is 0.474. The van der Waals surface area contributed by atoms with Crippen molar-refractivity contribution in [1.29, 1.82) is 0 Å². The average Bonchev–Trinajstić information content (AvgIpc) is 3.18. The number of amides is 1. The molecule has 1 aromatic carbocycles. The summed E-state index contributed by atoms with van der Waals surface area (Å²) in [7, 11) is 0. The molecule has 1 aliphatic rings. The SMILES string of the molecule is CC(CCc1ccc(NC=O)cc1)N1CCOC(c2csc(C(F)(F)F)n2)C1. The molecule has 0 radical (unpaired) electrons. The van der Waals surface area contributed by atoms with Crippen molar-refractivity contribution >= 4 is 23.4 Å². The fourth-order valence-corrected chi connectivity index (χ4v) is 3.94. The first-order chi connectivity index (χ1) is 13.4. The molecule has 5 nitrogen and oxygen atoms in total. The number of carbonyl (C=O) groups is 1. The van der Waals surface area contributed by atoms with Crippen molar-refractivity contribution < 1.29 is 22.7 Å². The highest BCUT2D eigenvalue weighted by Crippen LogP contribution is 2.34. The molecule has 2 aromatic rings. The first-order valence-corrected chi connectivity index (χ1v) is 9.92. The number of carbonyl (C=O) groups excluding carboxylic acids is 1. The zero-order valence-corrected chi connectivity index (χ0v) is 16.2. The summed E-state index contributed by atoms with van der Waals surface area (Å²) in [6.45, 7) is 3.87. The van der Waals surface area contributed by atoms with Crippen molar-refractivity contribution in [3.05, 3.63) is 45.9 Å². The first-order valence-electron chi connectivity index (χ1n) is 9.04. The quantitative estimate of drug-likeness (QED) is 0.694. The minimum absolute atomic E-state index is 0.264. The maximum atomic E-state index is 12.8. The van der Waals surface area contributed by atoms with Crippen LogP contribution in [0.2, 0.25) is 0 Å². The van der Waals surface area contributed by atoms with E-state index < -0.39 is 17.3 Å². The molecule has 0 aliphatic carbocycles. The van der Waals surface area contributed by atoms with Crippen LogP contribution in [0.1, 0.15) is 35.7 Å². The maximum absolute atomic E-state index is 12.8. The van der Waals surface area contributed by atoms with E-state index in [0.29, 0.717) is 36.6 Å². The molecule has 1 aliphatic heterocycles. The van der Waals surface area contributed by atoms with Crippen molar-refractivity contribution in [1.82, 2.24) is 9.88 Å². The van der Waals surface area contributed by atoms with Crippen LogP contribution in [-0.2, 0) is 22.1 Å². The van der Waals surface area contributed by atoms with Gasteiger partial charge in [0.1, 0.15) is 6.10 Å². The lowest BCUT2D eigenvalue weighted by atomic mass is 10.0. The van der Waals surface area contributed by atoms with E-state index in [-0.39, 0.29) is 6.04 Å². The van der Waals surface area contributed by atoms with Crippen molar-refractivity contribution in [3.63, 3.8) is 0 Å². The molecule has 9 heteroatoms. The summed E-state index contributed by atoms with van der Waals surface area (Å²) in [5, 5.41) is 3.22. The highest BCUT2D eigenvalue weighted by atomic mass is 32.1. The number of nitrogens with one attached hydrogen (secondary N) is 1. The second kappa shape index (κ2) is 9.02. The summed E-state index contributed by atoms with van der Waals surface area (Å²) < 4.78 is 44.0. The molecule has 1 saturated heterocycles. The summed E-state index contributed by atoms with van der Waals surface area (Å²) in [6, 6.07) is 7.95. The number of aromatic nitrogens is 1. The van der Waals surface area contributed by atoms with Crippen LogP contribution in [0.5, 0.6) is 0 Å². The minimum atomic E-state index is -4.42. The number of rotatable bonds is 7. The molecule has 1 aromatic heterocycles. The lowest BCUT2D eigenvalue weighted by molar-refractivity contribution is -0.138. The monoisotopic (exact) mass is 413 g/mol. The van der Waals surface area contributed by atoms with Crippen LogP contribution in [-0.4, -0.2) is 42.0 Å². The molecule has 152 valence electrons. The number of hydrogen-bond acceptors (Lipinski definition) is 5. The molecule has 2 unspecified atom stereocenters. The average molecular weight is 413 g/mol. The van der Waals surface area contributed by atoms with Gasteiger partial charge in [-0.2, -0.15) is 13.2 Å². The molecule has 3 rings (SSSR count). The predicted octanol–water partition coefficient (Wildman–Crippen LogP) is 4.12. The van der Waals surface area contributed by atoms with Gasteiger partial charge in [-0.1, -0.05) is 12.1 Å². The fourth-order valence-electron chi connectivity index (χ4n) is 3.21. The number of morpholine rings is 1. The van der Waals surface area contributed by atoms with Gasteiger partial charge in [-0.25, -0.2) is 4.98 Å². The number of ether oxygens (including phenoxy) is 1. The maximum Gasteiger partial charge on any atom is 0.443 e. The van der Waals surface area contributed by atoms with Gasteiger partial charge in [0.2, 0.25) is 6.41 Å². The van der Waals surface area contributed by atoms with E-state index >= 15 is 0 Å². The van der Waals surface area contributed by atoms with E-state index in [2.05, 4.69) is 22.1 Å². The number of thiazole rings is 1. The highest BCUT2D eigenvalue weighted by molar-refractivity contribution is 7.09. The summed E-state index contributed by atoms with van der Waals surface area (Å²) >= 11 is 0.610. The Bertz CT molecular complexity index is 779. The zero-order chi connectivity index (χ0) is 20.1. The Morgan fingerprint density at radius 3 is 2.79 bits per heavy atom. The number of anilines is 1. The lowest BCUT2D eigenvalue weighted by Gasteiger charge is -2.36. The number of alkyl halides is 3. The molecule has 2 atom stereocenters. The summed E-state index contributed by atoms with van der Waals surface area (Å²) in [4.78, 5) is 16.4. The van der Waals surface area contributed by atoms with Crippen molar-refractivity contribution in [2.24, 2.45) is 0 Å². The molecular formula is C19H22F3N3O2S. The van der Waals surface area contributed by atoms with Crippen LogP contribution in [0.4, 0.5) is 18.9 Å². The summed E-state index contributed by atoms with van der Waals surface area (Å²) in [6.07, 6.45) is -2.41. The molecule has 1 N–H and O–H groups in total. The molecule has 1 fully saturated rings. The molecule has 28 heavy (non-hydrogen) atoms. The smallest absolute Gasteiger partial charge is 0.369 e. The first kappa shape index (κ1) is 20.8. The van der Waals surface area contributed by atoms with E-state index in [4.69, 9.17) is 4.74 Å². The van der Waals surface area contributed by atoms with E-state index in [1.165, 1.54) is 10.9 Å². The Kier molecular flexibility index (Phi) is 6.69. The van der Waals surface area contributed by atoms with Crippen LogP contribution in [0.15, 0.2) is 29.6 Å². The van der Waals surface area contributed by atoms with E-state index in [1.54, 1.807) is 0 Å². The van der Waals surface area contributed by atoms with Crippen LogP contribution in [0, 0.1) is 0 Å². The molecule has 2 heterocycles. The predicted molar refractivity (Wildman–Crippen MR) is 101 cm³/mol. The van der Waals surface area contributed by atoms with Gasteiger partial charge in [0.25, 0.3) is 0 Å². The van der Waals surface area contributed by atoms with Gasteiger partial charge in [-0.05, 0) is 37.5 Å². The van der Waals surface area contributed by atoms with Gasteiger partial charge in [0, 0.05) is 30.2 Å². The van der Waals surface area contributed by atoms with Gasteiger partial charge in [0.05, 0.1) is 12.3 Å². The molecule has 0 bridgehead atoms. The van der Waals surface area contributed by atoms with Gasteiger partial charge in [-0.3, -0.25) is 9.69 Å². The number of halogens is 3. The van der Waals surface area contributed by atoms with Gasteiger partial charge in [-0.15, -0.1) is 11.3 Å². The standard InChI is InChI=1S/C19H22F3N3O2S/c1-13(2-3-14-4-6-15(7-5-14)23-12-26)25-8-9-27-17(10-25)16-11-28-18(24-16)19(20,21)22/h4-7,11-13,17H,2-3,8-10H2,1H3,(H,23,26). The van der Waals surface area contributed by atoms with Crippen LogP contribution >= 0.6 is 11.3 Å². The highest BCUT2D eigenvalue weighted by Gasteiger charge is 2.36. The largest absolute Gasteiger partial charge is 0.443 e. The van der Waals surface area contributed by atoms with Crippen molar-refractivity contribution in [3.8, 4) is 0 Å². The van der Waals surface area contributed by atoms with Gasteiger partial charge < -0.3 is 10.1 Å². The number of nitrogens with zero attached hydrogens (tertiary/aromatic N) is 2. The molecular weight excluding hydrogens is 391 g/mol. The van der Waals surface area contributed by atoms with Crippen molar-refractivity contribution in [2.75, 3.05) is 25.0 Å². The van der Waals surface area contributed by atoms with E-state index in [9.17, 15) is 18.0 Å². The van der Waals surface area contributed by atoms with Gasteiger partial charge in [0.15, 0.2) is 5.01 Å². The summed E-state index contributed by atoms with van der Waals surface area (Å²) in [5.41, 5.74) is 2.28. The number of aryl methyl sites for hydroxylation is 1. The third-order valence-electron chi connectivity index (χ3n) is 4.85. The van der Waals surface area contributed by atoms with Crippen molar-refractivity contribution in [2.45, 2.75) is 38.1 Å². The Labute approximate surface area is 165 Å². The second-order valence-corrected chi connectivity index (χ2v) is 7.63. The Balaban J connectivity index is 1.54. The summed E-state index contributed by atoms with van der Waals surface area (Å²) in [5.74, 6) is 0.